The Labute approximate surface area is 131 Å². The smallest absolute Gasteiger partial charge is 0.149 e. The van der Waals surface area contributed by atoms with Gasteiger partial charge in [0.05, 0.1) is 18.9 Å². The number of ether oxygens (including phenoxy) is 1. The highest BCUT2D eigenvalue weighted by Gasteiger charge is 2.10. The number of anilines is 1. The van der Waals surface area contributed by atoms with E-state index >= 15 is 0 Å². The largest absolute Gasteiger partial charge is 0.379 e. The number of rotatable bonds is 5. The van der Waals surface area contributed by atoms with E-state index in [0.29, 0.717) is 0 Å². The van der Waals surface area contributed by atoms with Crippen molar-refractivity contribution in [3.05, 3.63) is 42.1 Å². The third-order valence-corrected chi connectivity index (χ3v) is 3.90. The van der Waals surface area contributed by atoms with E-state index in [1.165, 1.54) is 5.56 Å². The van der Waals surface area contributed by atoms with Gasteiger partial charge in [-0.05, 0) is 18.6 Å². The first kappa shape index (κ1) is 14.9. The summed E-state index contributed by atoms with van der Waals surface area (Å²) in [6, 6.07) is 12.4. The van der Waals surface area contributed by atoms with E-state index in [9.17, 15) is 0 Å². The van der Waals surface area contributed by atoms with Crippen LogP contribution in [0.15, 0.2) is 36.4 Å². The second-order valence-corrected chi connectivity index (χ2v) is 5.48. The summed E-state index contributed by atoms with van der Waals surface area (Å²) in [5, 5.41) is 11.9. The number of nitrogens with one attached hydrogen (secondary N) is 1. The fraction of sp³-hybridized carbons (Fsp3) is 0.412. The first-order valence-electron chi connectivity index (χ1n) is 7.76. The lowest BCUT2D eigenvalue weighted by Crippen LogP contribution is -2.39. The van der Waals surface area contributed by atoms with E-state index in [1.807, 2.05) is 25.1 Å². The molecular formula is C17H22N4O. The summed E-state index contributed by atoms with van der Waals surface area (Å²) in [5.74, 6) is 0.831. The minimum absolute atomic E-state index is 0.831. The summed E-state index contributed by atoms with van der Waals surface area (Å²) in [7, 11) is 0. The zero-order chi connectivity index (χ0) is 15.2. The lowest BCUT2D eigenvalue weighted by molar-refractivity contribution is 0.0398. The minimum Gasteiger partial charge on any atom is -0.379 e. The standard InChI is InChI=1S/C17H22N4O/c1-14-16(15-5-3-2-4-6-15)13-17(20-19-14)18-7-8-21-9-11-22-12-10-21/h2-6,13H,7-12H2,1H3,(H,18,20). The van der Waals surface area contributed by atoms with Crippen LogP contribution in [0.5, 0.6) is 0 Å². The van der Waals surface area contributed by atoms with Crippen LogP contribution in [0.2, 0.25) is 0 Å². The molecule has 0 aliphatic carbocycles. The molecule has 22 heavy (non-hydrogen) atoms. The first-order chi connectivity index (χ1) is 10.8. The molecule has 116 valence electrons. The Hall–Kier alpha value is -1.98. The maximum atomic E-state index is 5.36. The van der Waals surface area contributed by atoms with Crippen LogP contribution < -0.4 is 5.32 Å². The van der Waals surface area contributed by atoms with Crippen LogP contribution >= 0.6 is 0 Å². The normalized spacial score (nSPS) is 15.7. The van der Waals surface area contributed by atoms with E-state index in [-0.39, 0.29) is 0 Å². The highest BCUT2D eigenvalue weighted by atomic mass is 16.5. The van der Waals surface area contributed by atoms with Gasteiger partial charge in [0.15, 0.2) is 0 Å². The van der Waals surface area contributed by atoms with Crippen LogP contribution in [0.25, 0.3) is 11.1 Å². The Morgan fingerprint density at radius 3 is 2.68 bits per heavy atom. The summed E-state index contributed by atoms with van der Waals surface area (Å²) in [5.41, 5.74) is 3.25. The molecule has 1 aliphatic heterocycles. The van der Waals surface area contributed by atoms with E-state index in [1.54, 1.807) is 0 Å². The number of hydrogen-bond donors (Lipinski definition) is 1. The summed E-state index contributed by atoms with van der Waals surface area (Å²) in [6.45, 7) is 7.55. The average Bonchev–Trinajstić information content (AvgIpc) is 2.58. The molecule has 1 fully saturated rings. The molecule has 0 atom stereocenters. The summed E-state index contributed by atoms with van der Waals surface area (Å²) >= 11 is 0. The van der Waals surface area contributed by atoms with Crippen molar-refractivity contribution in [3.63, 3.8) is 0 Å². The Balaban J connectivity index is 1.62. The Morgan fingerprint density at radius 2 is 1.91 bits per heavy atom. The van der Waals surface area contributed by atoms with E-state index in [4.69, 9.17) is 4.74 Å². The molecule has 0 amide bonds. The van der Waals surface area contributed by atoms with Crippen molar-refractivity contribution in [3.8, 4) is 11.1 Å². The van der Waals surface area contributed by atoms with Gasteiger partial charge in [0.25, 0.3) is 0 Å². The molecular weight excluding hydrogens is 276 g/mol. The van der Waals surface area contributed by atoms with Crippen molar-refractivity contribution in [2.24, 2.45) is 0 Å². The molecule has 0 saturated carbocycles. The third kappa shape index (κ3) is 3.81. The van der Waals surface area contributed by atoms with Crippen molar-refractivity contribution in [1.29, 1.82) is 0 Å². The van der Waals surface area contributed by atoms with Gasteiger partial charge in [0, 0.05) is 31.7 Å². The third-order valence-electron chi connectivity index (χ3n) is 3.90. The molecule has 0 unspecified atom stereocenters. The molecule has 2 heterocycles. The molecule has 1 aromatic carbocycles. The zero-order valence-electron chi connectivity index (χ0n) is 13.0. The van der Waals surface area contributed by atoms with Crippen molar-refractivity contribution >= 4 is 5.82 Å². The van der Waals surface area contributed by atoms with Crippen LogP contribution in [0.1, 0.15) is 5.69 Å². The maximum Gasteiger partial charge on any atom is 0.149 e. The first-order valence-corrected chi connectivity index (χ1v) is 7.76. The van der Waals surface area contributed by atoms with Crippen LogP contribution in [0.3, 0.4) is 0 Å². The average molecular weight is 298 g/mol. The van der Waals surface area contributed by atoms with Gasteiger partial charge in [0.1, 0.15) is 5.82 Å². The maximum absolute atomic E-state index is 5.36. The summed E-state index contributed by atoms with van der Waals surface area (Å²) in [4.78, 5) is 2.40. The zero-order valence-corrected chi connectivity index (χ0v) is 13.0. The van der Waals surface area contributed by atoms with Gasteiger partial charge in [-0.3, -0.25) is 4.90 Å². The fourth-order valence-electron chi connectivity index (χ4n) is 2.62. The predicted molar refractivity (Wildman–Crippen MR) is 88.0 cm³/mol. The Kier molecular flexibility index (Phi) is 4.98. The molecule has 5 nitrogen and oxygen atoms in total. The highest BCUT2D eigenvalue weighted by Crippen LogP contribution is 2.23. The van der Waals surface area contributed by atoms with Gasteiger partial charge in [0.2, 0.25) is 0 Å². The van der Waals surface area contributed by atoms with Gasteiger partial charge in [-0.15, -0.1) is 5.10 Å². The van der Waals surface area contributed by atoms with Crippen LogP contribution in [0, 0.1) is 6.92 Å². The molecule has 0 spiro atoms. The van der Waals surface area contributed by atoms with Crippen molar-refractivity contribution < 1.29 is 4.74 Å². The molecule has 0 radical (unpaired) electrons. The molecule has 1 saturated heterocycles. The number of nitrogens with zero attached hydrogens (tertiary/aromatic N) is 3. The Bertz CT molecular complexity index is 597. The van der Waals surface area contributed by atoms with Gasteiger partial charge < -0.3 is 10.1 Å². The van der Waals surface area contributed by atoms with Crippen LogP contribution in [-0.4, -0.2) is 54.5 Å². The lowest BCUT2D eigenvalue weighted by atomic mass is 10.1. The quantitative estimate of drug-likeness (QED) is 0.917. The molecule has 1 aromatic heterocycles. The van der Waals surface area contributed by atoms with Crippen molar-refractivity contribution in [2.75, 3.05) is 44.7 Å². The highest BCUT2D eigenvalue weighted by molar-refractivity contribution is 5.68. The second kappa shape index (κ2) is 7.33. The number of aromatic nitrogens is 2. The summed E-state index contributed by atoms with van der Waals surface area (Å²) < 4.78 is 5.36. The van der Waals surface area contributed by atoms with Gasteiger partial charge in [-0.25, -0.2) is 0 Å². The van der Waals surface area contributed by atoms with Gasteiger partial charge in [-0.2, -0.15) is 5.10 Å². The molecule has 1 N–H and O–H groups in total. The summed E-state index contributed by atoms with van der Waals surface area (Å²) in [6.07, 6.45) is 0. The number of benzene rings is 1. The number of aryl methyl sites for hydroxylation is 1. The van der Waals surface area contributed by atoms with E-state index in [2.05, 4.69) is 38.6 Å². The van der Waals surface area contributed by atoms with E-state index in [0.717, 1.165) is 56.5 Å². The molecule has 3 rings (SSSR count). The van der Waals surface area contributed by atoms with Crippen LogP contribution in [0.4, 0.5) is 5.82 Å². The predicted octanol–water partition coefficient (Wildman–Crippen LogP) is 2.20. The fourth-order valence-corrected chi connectivity index (χ4v) is 2.62. The molecule has 5 heteroatoms. The molecule has 2 aromatic rings. The van der Waals surface area contributed by atoms with Gasteiger partial charge >= 0.3 is 0 Å². The van der Waals surface area contributed by atoms with E-state index < -0.39 is 0 Å². The van der Waals surface area contributed by atoms with Crippen molar-refractivity contribution in [2.45, 2.75) is 6.92 Å². The van der Waals surface area contributed by atoms with Gasteiger partial charge in [-0.1, -0.05) is 30.3 Å². The molecule has 0 bridgehead atoms. The monoisotopic (exact) mass is 298 g/mol. The lowest BCUT2D eigenvalue weighted by Gasteiger charge is -2.26. The van der Waals surface area contributed by atoms with Crippen LogP contribution in [-0.2, 0) is 4.74 Å². The number of hydrogen-bond acceptors (Lipinski definition) is 5. The number of morpholine rings is 1. The topological polar surface area (TPSA) is 50.3 Å². The second-order valence-electron chi connectivity index (χ2n) is 5.48. The minimum atomic E-state index is 0.831. The molecule has 1 aliphatic rings. The Morgan fingerprint density at radius 1 is 1.14 bits per heavy atom. The van der Waals surface area contributed by atoms with Crippen molar-refractivity contribution in [1.82, 2.24) is 15.1 Å². The SMILES string of the molecule is Cc1nnc(NCCN2CCOCC2)cc1-c1ccccc1.